The molecule has 1 amide bonds. The van der Waals surface area contributed by atoms with Gasteiger partial charge in [-0.15, -0.1) is 0 Å². The zero-order valence-corrected chi connectivity index (χ0v) is 18.7. The molecule has 0 spiro atoms. The van der Waals surface area contributed by atoms with Gasteiger partial charge >= 0.3 is 6.18 Å². The lowest BCUT2D eigenvalue weighted by molar-refractivity contribution is -0.143. The van der Waals surface area contributed by atoms with Gasteiger partial charge in [-0.3, -0.25) is 19.4 Å². The van der Waals surface area contributed by atoms with E-state index in [0.29, 0.717) is 26.8 Å². The van der Waals surface area contributed by atoms with Crippen LogP contribution in [0.1, 0.15) is 16.1 Å². The zero-order chi connectivity index (χ0) is 24.7. The molecular formula is C23H15ClF3N7O. The van der Waals surface area contributed by atoms with Crippen LogP contribution in [0, 0.1) is 0 Å². The number of aromatic nitrogens is 6. The van der Waals surface area contributed by atoms with Gasteiger partial charge in [-0.2, -0.15) is 23.4 Å². The minimum atomic E-state index is -4.87. The highest BCUT2D eigenvalue weighted by molar-refractivity contribution is 6.33. The molecule has 176 valence electrons. The molecular weight excluding hydrogens is 483 g/mol. The molecule has 0 aliphatic rings. The highest BCUT2D eigenvalue weighted by Crippen LogP contribution is 2.35. The molecule has 12 heteroatoms. The third-order valence-corrected chi connectivity index (χ3v) is 5.51. The van der Waals surface area contributed by atoms with E-state index >= 15 is 0 Å². The van der Waals surface area contributed by atoms with Crippen LogP contribution in [0.3, 0.4) is 0 Å². The molecule has 4 aromatic heterocycles. The van der Waals surface area contributed by atoms with Crippen molar-refractivity contribution >= 4 is 34.0 Å². The first-order chi connectivity index (χ1) is 16.7. The summed E-state index contributed by atoms with van der Waals surface area (Å²) in [5.74, 6) is -1.01. The maximum atomic E-state index is 14.1. The Labute approximate surface area is 201 Å². The molecule has 0 aliphatic carbocycles. The number of hydrogen-bond acceptors (Lipinski definition) is 5. The van der Waals surface area contributed by atoms with Crippen LogP contribution >= 0.6 is 11.6 Å². The Hall–Kier alpha value is -4.25. The highest BCUT2D eigenvalue weighted by atomic mass is 35.5. The summed E-state index contributed by atoms with van der Waals surface area (Å²) in [7, 11) is 1.74. The van der Waals surface area contributed by atoms with Crippen molar-refractivity contribution in [3.05, 3.63) is 83.7 Å². The Morgan fingerprint density at radius 1 is 1.11 bits per heavy atom. The van der Waals surface area contributed by atoms with Gasteiger partial charge in [0.15, 0.2) is 5.69 Å². The molecule has 0 radical (unpaired) electrons. The summed E-state index contributed by atoms with van der Waals surface area (Å²) in [6, 6.07) is 9.61. The number of fused-ring (bicyclic) bond motifs is 1. The minimum Gasteiger partial charge on any atom is -0.320 e. The zero-order valence-electron chi connectivity index (χ0n) is 18.0. The van der Waals surface area contributed by atoms with Gasteiger partial charge in [0.05, 0.1) is 34.4 Å². The number of anilines is 1. The van der Waals surface area contributed by atoms with E-state index < -0.39 is 23.3 Å². The number of halogens is 4. The van der Waals surface area contributed by atoms with Gasteiger partial charge in [0.25, 0.3) is 5.91 Å². The first-order valence-electron chi connectivity index (χ1n) is 10.2. The quantitative estimate of drug-likeness (QED) is 0.371. The summed E-state index contributed by atoms with van der Waals surface area (Å²) in [5.41, 5.74) is -0.709. The number of carbonyl (C=O) groups is 1. The molecule has 0 saturated carbocycles. The van der Waals surface area contributed by atoms with Crippen LogP contribution in [-0.4, -0.2) is 35.4 Å². The predicted octanol–water partition coefficient (Wildman–Crippen LogP) is 5.14. The molecule has 0 unspecified atom stereocenters. The van der Waals surface area contributed by atoms with Gasteiger partial charge in [0.1, 0.15) is 11.4 Å². The Balaban J connectivity index is 1.51. The van der Waals surface area contributed by atoms with E-state index in [1.165, 1.54) is 30.7 Å². The Morgan fingerprint density at radius 2 is 1.94 bits per heavy atom. The lowest BCUT2D eigenvalue weighted by atomic mass is 10.1. The van der Waals surface area contributed by atoms with Crippen LogP contribution in [0.4, 0.5) is 18.9 Å². The minimum absolute atomic E-state index is 0.120. The second kappa shape index (κ2) is 8.51. The van der Waals surface area contributed by atoms with Crippen LogP contribution in [0.2, 0.25) is 5.02 Å². The number of benzene rings is 1. The Bertz CT molecular complexity index is 1570. The number of hydrogen-bond donors (Lipinski definition) is 1. The molecule has 1 N–H and O–H groups in total. The number of nitrogens with one attached hydrogen (secondary N) is 1. The number of carbonyl (C=O) groups excluding carboxylic acids is 1. The molecule has 0 aliphatic heterocycles. The molecule has 1 aromatic carbocycles. The van der Waals surface area contributed by atoms with E-state index in [2.05, 4.69) is 25.5 Å². The fourth-order valence-corrected chi connectivity index (χ4v) is 3.95. The summed E-state index contributed by atoms with van der Waals surface area (Å²) in [6.45, 7) is 0. The molecule has 0 fully saturated rings. The number of amides is 1. The van der Waals surface area contributed by atoms with Crippen molar-refractivity contribution in [2.75, 3.05) is 5.32 Å². The lowest BCUT2D eigenvalue weighted by Crippen LogP contribution is -2.21. The number of nitrogens with zero attached hydrogens (tertiary/aromatic N) is 6. The molecule has 35 heavy (non-hydrogen) atoms. The van der Waals surface area contributed by atoms with E-state index in [-0.39, 0.29) is 16.4 Å². The van der Waals surface area contributed by atoms with E-state index in [1.807, 2.05) is 0 Å². The predicted molar refractivity (Wildman–Crippen MR) is 123 cm³/mol. The number of aryl methyl sites for hydroxylation is 1. The first-order valence-corrected chi connectivity index (χ1v) is 10.6. The molecule has 0 atom stereocenters. The van der Waals surface area contributed by atoms with Gasteiger partial charge in [-0.25, -0.2) is 4.68 Å². The fraction of sp³-hybridized carbons (Fsp3) is 0.0870. The summed E-state index contributed by atoms with van der Waals surface area (Å²) in [6.07, 6.45) is 2.00. The fourth-order valence-electron chi connectivity index (χ4n) is 3.69. The lowest BCUT2D eigenvalue weighted by Gasteiger charge is -2.14. The first kappa shape index (κ1) is 22.5. The van der Waals surface area contributed by atoms with Crippen molar-refractivity contribution in [2.45, 2.75) is 6.18 Å². The van der Waals surface area contributed by atoms with Crippen molar-refractivity contribution in [3.63, 3.8) is 0 Å². The van der Waals surface area contributed by atoms with Gasteiger partial charge in [-0.1, -0.05) is 23.7 Å². The Kier molecular flexibility index (Phi) is 5.48. The summed E-state index contributed by atoms with van der Waals surface area (Å²) < 4.78 is 44.7. The van der Waals surface area contributed by atoms with Gasteiger partial charge < -0.3 is 5.32 Å². The molecule has 8 nitrogen and oxygen atoms in total. The second-order valence-electron chi connectivity index (χ2n) is 7.57. The number of rotatable bonds is 4. The maximum Gasteiger partial charge on any atom is 0.434 e. The van der Waals surface area contributed by atoms with Crippen LogP contribution in [0.15, 0.2) is 67.4 Å². The average molecular weight is 498 g/mol. The third-order valence-electron chi connectivity index (χ3n) is 5.23. The maximum absolute atomic E-state index is 14.1. The van der Waals surface area contributed by atoms with Gasteiger partial charge in [0, 0.05) is 31.0 Å². The van der Waals surface area contributed by atoms with E-state index in [0.717, 1.165) is 6.20 Å². The van der Waals surface area contributed by atoms with E-state index in [4.69, 9.17) is 11.6 Å². The molecule has 4 heterocycles. The van der Waals surface area contributed by atoms with Crippen molar-refractivity contribution < 1.29 is 18.0 Å². The highest BCUT2D eigenvalue weighted by Gasteiger charge is 2.41. The number of alkyl halides is 3. The summed E-state index contributed by atoms with van der Waals surface area (Å²) >= 11 is 6.28. The van der Waals surface area contributed by atoms with Crippen molar-refractivity contribution in [2.24, 2.45) is 7.05 Å². The van der Waals surface area contributed by atoms with E-state index in [1.54, 1.807) is 42.2 Å². The van der Waals surface area contributed by atoms with Gasteiger partial charge in [-0.05, 0) is 29.7 Å². The molecule has 5 aromatic rings. The van der Waals surface area contributed by atoms with Crippen LogP contribution < -0.4 is 5.32 Å². The average Bonchev–Trinajstić information content (AvgIpc) is 3.45. The molecule has 0 bridgehead atoms. The van der Waals surface area contributed by atoms with Crippen LogP contribution in [0.5, 0.6) is 0 Å². The van der Waals surface area contributed by atoms with Crippen molar-refractivity contribution in [1.29, 1.82) is 0 Å². The Morgan fingerprint density at radius 3 is 2.66 bits per heavy atom. The SMILES string of the molecule is Cn1ccc(-c2ncc(NC(=O)c3cnn(-c4cccc5ccncc45)c3C(F)(F)F)cc2Cl)n1. The monoisotopic (exact) mass is 497 g/mol. The van der Waals surface area contributed by atoms with Gasteiger partial charge in [0.2, 0.25) is 0 Å². The molecule has 5 rings (SSSR count). The standard InChI is InChI=1S/C23H15ClF3N7O/c1-33-8-6-18(32-33)20-17(24)9-14(10-29-20)31-22(35)16-12-30-34(21(16)23(25,26)27)19-4-2-3-13-5-7-28-11-15(13)19/h2-12H,1H3,(H,31,35). The third kappa shape index (κ3) is 4.21. The van der Waals surface area contributed by atoms with Crippen molar-refractivity contribution in [3.8, 4) is 17.1 Å². The van der Waals surface area contributed by atoms with E-state index in [9.17, 15) is 18.0 Å². The largest absolute Gasteiger partial charge is 0.434 e. The number of pyridine rings is 2. The molecule has 0 saturated heterocycles. The summed E-state index contributed by atoms with van der Waals surface area (Å²) in [5, 5.41) is 11.8. The normalized spacial score (nSPS) is 11.7. The second-order valence-corrected chi connectivity index (χ2v) is 7.98. The van der Waals surface area contributed by atoms with Crippen LogP contribution in [0.25, 0.3) is 27.8 Å². The topological polar surface area (TPSA) is 90.5 Å². The summed E-state index contributed by atoms with van der Waals surface area (Å²) in [4.78, 5) is 21.1. The van der Waals surface area contributed by atoms with Crippen molar-refractivity contribution in [1.82, 2.24) is 29.5 Å². The smallest absolute Gasteiger partial charge is 0.320 e. The van der Waals surface area contributed by atoms with Crippen LogP contribution in [-0.2, 0) is 13.2 Å².